The van der Waals surface area contributed by atoms with Crippen LogP contribution in [0.3, 0.4) is 0 Å². The van der Waals surface area contributed by atoms with Crippen molar-refractivity contribution in [2.45, 2.75) is 50.7 Å². The zero-order valence-corrected chi connectivity index (χ0v) is 11.2. The number of nitrogens with two attached hydrogens (primary N) is 1. The van der Waals surface area contributed by atoms with Crippen LogP contribution in [0.5, 0.6) is 0 Å². The molecule has 17 heavy (non-hydrogen) atoms. The van der Waals surface area contributed by atoms with E-state index >= 15 is 0 Å². The number of hydrogen-bond acceptors (Lipinski definition) is 3. The van der Waals surface area contributed by atoms with Gasteiger partial charge in [0.25, 0.3) is 0 Å². The van der Waals surface area contributed by atoms with Gasteiger partial charge in [-0.15, -0.1) is 0 Å². The lowest BCUT2D eigenvalue weighted by Crippen LogP contribution is -2.50. The number of nitrogens with zero attached hydrogens (tertiary/aromatic N) is 1. The molecule has 1 aliphatic heterocycles. The van der Waals surface area contributed by atoms with Crippen molar-refractivity contribution < 1.29 is 4.74 Å². The zero-order valence-electron chi connectivity index (χ0n) is 10.4. The van der Waals surface area contributed by atoms with Crippen molar-refractivity contribution in [2.75, 3.05) is 19.7 Å². The second-order valence-corrected chi connectivity index (χ2v) is 6.55. The number of thiocarbonyl (C=S) groups is 1. The first-order chi connectivity index (χ1) is 8.19. The summed E-state index contributed by atoms with van der Waals surface area (Å²) in [7, 11) is 0. The number of hydrogen-bond donors (Lipinski definition) is 1. The summed E-state index contributed by atoms with van der Waals surface area (Å²) in [4.78, 5) is 3.35. The Labute approximate surface area is 109 Å². The number of ether oxygens (including phenoxy) is 1. The molecule has 3 nitrogen and oxygen atoms in total. The summed E-state index contributed by atoms with van der Waals surface area (Å²) in [6.07, 6.45) is 7.95. The maximum atomic E-state index is 5.86. The third-order valence-electron chi connectivity index (χ3n) is 4.64. The molecule has 4 heteroatoms. The lowest BCUT2D eigenvalue weighted by molar-refractivity contribution is -0.0614. The second kappa shape index (κ2) is 4.48. The minimum absolute atomic E-state index is 0.427. The average molecular weight is 254 g/mol. The smallest absolute Gasteiger partial charge is 0.0733 e. The van der Waals surface area contributed by atoms with Crippen molar-refractivity contribution in [2.24, 2.45) is 11.1 Å². The molecule has 0 amide bonds. The molecule has 0 aromatic heterocycles. The highest BCUT2D eigenvalue weighted by molar-refractivity contribution is 7.80. The highest BCUT2D eigenvalue weighted by Gasteiger charge is 2.47. The topological polar surface area (TPSA) is 38.5 Å². The summed E-state index contributed by atoms with van der Waals surface area (Å²) in [5.74, 6) is 0. The first-order valence-corrected chi connectivity index (χ1v) is 7.23. The maximum Gasteiger partial charge on any atom is 0.0733 e. The Hall–Kier alpha value is -0.190. The highest BCUT2D eigenvalue weighted by atomic mass is 32.1. The number of fused-ring (bicyclic) bond motifs is 1. The molecule has 3 rings (SSSR count). The lowest BCUT2D eigenvalue weighted by atomic mass is 9.99. The van der Waals surface area contributed by atoms with Crippen LogP contribution in [0.4, 0.5) is 0 Å². The van der Waals surface area contributed by atoms with Crippen molar-refractivity contribution in [1.82, 2.24) is 4.90 Å². The van der Waals surface area contributed by atoms with Crippen LogP contribution in [0.15, 0.2) is 0 Å². The van der Waals surface area contributed by atoms with Gasteiger partial charge in [-0.2, -0.15) is 0 Å². The molecule has 2 atom stereocenters. The van der Waals surface area contributed by atoms with Crippen molar-refractivity contribution in [3.63, 3.8) is 0 Å². The second-order valence-electron chi connectivity index (χ2n) is 6.02. The normalized spacial score (nSPS) is 35.5. The van der Waals surface area contributed by atoms with E-state index in [-0.39, 0.29) is 0 Å². The Balaban J connectivity index is 1.62. The van der Waals surface area contributed by atoms with E-state index in [4.69, 9.17) is 22.7 Å². The van der Waals surface area contributed by atoms with E-state index in [1.807, 2.05) is 0 Å². The minimum Gasteiger partial charge on any atom is -0.393 e. The predicted octanol–water partition coefficient (Wildman–Crippen LogP) is 1.70. The predicted molar refractivity (Wildman–Crippen MR) is 72.0 cm³/mol. The van der Waals surface area contributed by atoms with Crippen LogP contribution in [0, 0.1) is 5.41 Å². The summed E-state index contributed by atoms with van der Waals surface area (Å²) in [5, 5.41) is 0. The van der Waals surface area contributed by atoms with Crippen LogP contribution < -0.4 is 5.73 Å². The summed E-state index contributed by atoms with van der Waals surface area (Å²) < 4.78 is 5.86. The molecule has 2 saturated carbocycles. The molecule has 2 unspecified atom stereocenters. The van der Waals surface area contributed by atoms with E-state index < -0.39 is 0 Å². The minimum atomic E-state index is 0.427. The monoisotopic (exact) mass is 254 g/mol. The molecule has 0 bridgehead atoms. The molecule has 3 fully saturated rings. The van der Waals surface area contributed by atoms with E-state index in [2.05, 4.69) is 4.90 Å². The first kappa shape index (κ1) is 11.9. The molecular formula is C13H22N2OS. The molecule has 1 heterocycles. The van der Waals surface area contributed by atoms with Crippen LogP contribution >= 0.6 is 12.2 Å². The van der Waals surface area contributed by atoms with Crippen molar-refractivity contribution in [3.8, 4) is 0 Å². The van der Waals surface area contributed by atoms with Crippen LogP contribution in [0.25, 0.3) is 0 Å². The van der Waals surface area contributed by atoms with Crippen molar-refractivity contribution in [3.05, 3.63) is 0 Å². The average Bonchev–Trinajstić information content (AvgIpc) is 2.85. The van der Waals surface area contributed by atoms with Gasteiger partial charge in [0.2, 0.25) is 0 Å². The largest absolute Gasteiger partial charge is 0.393 e. The standard InChI is InChI=1S/C13H22N2OS/c14-12(17)8-13(4-5-13)9-15-6-7-16-11-3-1-2-10(11)15/h10-11H,1-9H2,(H2,14,17). The van der Waals surface area contributed by atoms with Crippen LogP contribution in [0.1, 0.15) is 38.5 Å². The van der Waals surface area contributed by atoms with E-state index in [9.17, 15) is 0 Å². The fourth-order valence-electron chi connectivity index (χ4n) is 3.57. The van der Waals surface area contributed by atoms with Gasteiger partial charge >= 0.3 is 0 Å². The molecule has 2 aliphatic carbocycles. The number of rotatable bonds is 4. The van der Waals surface area contributed by atoms with Gasteiger partial charge in [-0.25, -0.2) is 0 Å². The van der Waals surface area contributed by atoms with Crippen LogP contribution in [-0.2, 0) is 4.74 Å². The van der Waals surface area contributed by atoms with Gasteiger partial charge in [0.05, 0.1) is 17.7 Å². The van der Waals surface area contributed by atoms with E-state index in [0.29, 0.717) is 22.5 Å². The molecule has 2 N–H and O–H groups in total. The summed E-state index contributed by atoms with van der Waals surface area (Å²) in [5.41, 5.74) is 6.15. The lowest BCUT2D eigenvalue weighted by Gasteiger charge is -2.39. The molecular weight excluding hydrogens is 232 g/mol. The molecule has 1 saturated heterocycles. The van der Waals surface area contributed by atoms with Gasteiger partial charge in [0.1, 0.15) is 0 Å². The fraction of sp³-hybridized carbons (Fsp3) is 0.923. The Morgan fingerprint density at radius 1 is 1.41 bits per heavy atom. The fourth-order valence-corrected chi connectivity index (χ4v) is 3.88. The van der Waals surface area contributed by atoms with Crippen LogP contribution in [-0.4, -0.2) is 41.7 Å². The Kier molecular flexibility index (Phi) is 3.13. The Morgan fingerprint density at radius 3 is 2.94 bits per heavy atom. The van der Waals surface area contributed by atoms with Gasteiger partial charge in [0.15, 0.2) is 0 Å². The molecule has 0 aromatic carbocycles. The van der Waals surface area contributed by atoms with Gasteiger partial charge in [-0.3, -0.25) is 4.90 Å². The molecule has 0 radical (unpaired) electrons. The van der Waals surface area contributed by atoms with Crippen molar-refractivity contribution >= 4 is 17.2 Å². The third-order valence-corrected chi connectivity index (χ3v) is 4.79. The van der Waals surface area contributed by atoms with Gasteiger partial charge in [-0.1, -0.05) is 12.2 Å². The SMILES string of the molecule is NC(=S)CC1(CN2CCOC3CCCC32)CC1. The quantitative estimate of drug-likeness (QED) is 0.775. The van der Waals surface area contributed by atoms with Crippen molar-refractivity contribution in [1.29, 1.82) is 0 Å². The Bertz CT molecular complexity index is 317. The Morgan fingerprint density at radius 2 is 2.24 bits per heavy atom. The summed E-state index contributed by atoms with van der Waals surface area (Å²) in [6, 6.07) is 0.674. The van der Waals surface area contributed by atoms with E-state index in [0.717, 1.165) is 19.6 Å². The summed E-state index contributed by atoms with van der Waals surface area (Å²) >= 11 is 5.08. The van der Waals surface area contributed by atoms with E-state index in [1.165, 1.54) is 38.6 Å². The van der Waals surface area contributed by atoms with Gasteiger partial charge in [0, 0.05) is 25.6 Å². The van der Waals surface area contributed by atoms with E-state index in [1.54, 1.807) is 0 Å². The summed E-state index contributed by atoms with van der Waals surface area (Å²) in [6.45, 7) is 3.19. The maximum absolute atomic E-state index is 5.86. The molecule has 0 spiro atoms. The third kappa shape index (κ3) is 2.49. The first-order valence-electron chi connectivity index (χ1n) is 6.83. The van der Waals surface area contributed by atoms with Gasteiger partial charge < -0.3 is 10.5 Å². The molecule has 96 valence electrons. The zero-order chi connectivity index (χ0) is 11.9. The molecule has 0 aromatic rings. The number of morpholine rings is 1. The highest BCUT2D eigenvalue weighted by Crippen LogP contribution is 2.50. The van der Waals surface area contributed by atoms with Crippen LogP contribution in [0.2, 0.25) is 0 Å². The molecule has 3 aliphatic rings. The van der Waals surface area contributed by atoms with Gasteiger partial charge in [-0.05, 0) is 37.5 Å².